The van der Waals surface area contributed by atoms with Gasteiger partial charge in [0, 0.05) is 6.07 Å². The highest BCUT2D eigenvalue weighted by atomic mass is 16.3. The molecule has 0 radical (unpaired) electrons. The maximum Gasteiger partial charge on any atom is 0.288 e. The molecule has 1 heterocycles. The first kappa shape index (κ1) is 17.7. The van der Waals surface area contributed by atoms with E-state index in [0.29, 0.717) is 11.0 Å². The van der Waals surface area contributed by atoms with E-state index in [0.717, 1.165) is 11.1 Å². The average Bonchev–Trinajstić information content (AvgIpc) is 2.75. The summed E-state index contributed by atoms with van der Waals surface area (Å²) in [5.41, 5.74) is 1.22. The predicted molar refractivity (Wildman–Crippen MR) is 109 cm³/mol. The third-order valence-electron chi connectivity index (χ3n) is 4.92. The monoisotopic (exact) mass is 369 g/mol. The third-order valence-corrected chi connectivity index (χ3v) is 4.92. The van der Waals surface area contributed by atoms with Gasteiger partial charge in [0.05, 0.1) is 10.9 Å². The zero-order valence-corrected chi connectivity index (χ0v) is 15.4. The molecule has 0 atom stereocenters. The predicted octanol–water partition coefficient (Wildman–Crippen LogP) is 4.49. The molecular formula is C24H19NO3. The molecule has 0 saturated carbocycles. The van der Waals surface area contributed by atoms with Crippen molar-refractivity contribution in [2.45, 2.75) is 12.5 Å². The summed E-state index contributed by atoms with van der Waals surface area (Å²) in [5.74, 6) is -0.458. The van der Waals surface area contributed by atoms with Crippen molar-refractivity contribution in [3.8, 4) is 0 Å². The van der Waals surface area contributed by atoms with Crippen molar-refractivity contribution in [2.75, 3.05) is 0 Å². The summed E-state index contributed by atoms with van der Waals surface area (Å²) >= 11 is 0. The number of carbonyl (C=O) groups is 1. The van der Waals surface area contributed by atoms with E-state index in [1.54, 1.807) is 24.3 Å². The molecule has 0 unspecified atom stereocenters. The molecule has 0 saturated heterocycles. The van der Waals surface area contributed by atoms with E-state index >= 15 is 0 Å². The van der Waals surface area contributed by atoms with Gasteiger partial charge in [0.15, 0.2) is 11.2 Å². The normalized spacial score (nSPS) is 11.3. The summed E-state index contributed by atoms with van der Waals surface area (Å²) in [5, 5.41) is 3.51. The minimum atomic E-state index is -0.788. The molecule has 4 heteroatoms. The van der Waals surface area contributed by atoms with Crippen molar-refractivity contribution < 1.29 is 9.21 Å². The van der Waals surface area contributed by atoms with Gasteiger partial charge in [-0.25, -0.2) is 0 Å². The van der Waals surface area contributed by atoms with Crippen molar-refractivity contribution in [1.29, 1.82) is 0 Å². The van der Waals surface area contributed by atoms with Crippen molar-refractivity contribution in [2.24, 2.45) is 0 Å². The van der Waals surface area contributed by atoms with Crippen LogP contribution in [0, 0.1) is 0 Å². The minimum absolute atomic E-state index is 0.0122. The van der Waals surface area contributed by atoms with Gasteiger partial charge in [-0.2, -0.15) is 0 Å². The maximum absolute atomic E-state index is 13.1. The highest BCUT2D eigenvalue weighted by molar-refractivity contribution is 5.94. The molecule has 0 aliphatic carbocycles. The van der Waals surface area contributed by atoms with Gasteiger partial charge in [-0.05, 0) is 30.2 Å². The lowest BCUT2D eigenvalue weighted by Gasteiger charge is -2.32. The van der Waals surface area contributed by atoms with Crippen LogP contribution in [0.1, 0.15) is 28.6 Å². The maximum atomic E-state index is 13.1. The van der Waals surface area contributed by atoms with E-state index in [9.17, 15) is 9.59 Å². The van der Waals surface area contributed by atoms with Gasteiger partial charge >= 0.3 is 0 Å². The molecule has 138 valence electrons. The zero-order valence-electron chi connectivity index (χ0n) is 15.4. The summed E-state index contributed by atoms with van der Waals surface area (Å²) in [6.45, 7) is 1.94. The number of carbonyl (C=O) groups excluding carboxylic acids is 1. The average molecular weight is 369 g/mol. The van der Waals surface area contributed by atoms with Crippen LogP contribution >= 0.6 is 0 Å². The van der Waals surface area contributed by atoms with Gasteiger partial charge in [-0.1, -0.05) is 72.8 Å². The number of amides is 1. The summed E-state index contributed by atoms with van der Waals surface area (Å²) in [6.07, 6.45) is 0. The molecule has 4 aromatic rings. The van der Waals surface area contributed by atoms with E-state index in [1.165, 1.54) is 6.07 Å². The SMILES string of the molecule is CC(NC(=O)c1cc(=O)c2ccccc2o1)(c1ccccc1)c1ccccc1. The van der Waals surface area contributed by atoms with E-state index in [2.05, 4.69) is 5.32 Å². The van der Waals surface area contributed by atoms with Gasteiger partial charge in [0.1, 0.15) is 5.58 Å². The second-order valence-electron chi connectivity index (χ2n) is 6.78. The van der Waals surface area contributed by atoms with Crippen LogP contribution in [0.2, 0.25) is 0 Å². The van der Waals surface area contributed by atoms with Crippen LogP contribution in [-0.4, -0.2) is 5.91 Å². The molecule has 0 fully saturated rings. The minimum Gasteiger partial charge on any atom is -0.451 e. The van der Waals surface area contributed by atoms with E-state index in [4.69, 9.17) is 4.42 Å². The summed E-state index contributed by atoms with van der Waals surface area (Å²) in [4.78, 5) is 25.4. The molecule has 1 aromatic heterocycles. The first-order valence-electron chi connectivity index (χ1n) is 9.04. The van der Waals surface area contributed by atoms with Gasteiger partial charge in [0.2, 0.25) is 0 Å². The molecule has 0 bridgehead atoms. The second-order valence-corrected chi connectivity index (χ2v) is 6.78. The number of hydrogen-bond donors (Lipinski definition) is 1. The molecule has 0 spiro atoms. The number of hydrogen-bond acceptors (Lipinski definition) is 3. The summed E-state index contributed by atoms with van der Waals surface area (Å²) in [7, 11) is 0. The molecule has 0 aliphatic rings. The van der Waals surface area contributed by atoms with Crippen LogP contribution in [0.15, 0.2) is 100 Å². The number of rotatable bonds is 4. The van der Waals surface area contributed by atoms with Crippen LogP contribution in [0.25, 0.3) is 11.0 Å². The molecule has 4 rings (SSSR count). The fourth-order valence-electron chi connectivity index (χ4n) is 3.36. The van der Waals surface area contributed by atoms with Crippen LogP contribution in [0.5, 0.6) is 0 Å². The van der Waals surface area contributed by atoms with Gasteiger partial charge in [-0.15, -0.1) is 0 Å². The second kappa shape index (κ2) is 7.16. The number of para-hydroxylation sites is 1. The van der Waals surface area contributed by atoms with Gasteiger partial charge in [-0.3, -0.25) is 9.59 Å². The lowest BCUT2D eigenvalue weighted by Crippen LogP contribution is -2.44. The third kappa shape index (κ3) is 3.21. The molecule has 4 nitrogen and oxygen atoms in total. The van der Waals surface area contributed by atoms with Crippen molar-refractivity contribution in [1.82, 2.24) is 5.32 Å². The van der Waals surface area contributed by atoms with Crippen molar-refractivity contribution >= 4 is 16.9 Å². The fourth-order valence-corrected chi connectivity index (χ4v) is 3.36. The highest BCUT2D eigenvalue weighted by Crippen LogP contribution is 2.29. The first-order valence-corrected chi connectivity index (χ1v) is 9.04. The Balaban J connectivity index is 1.78. The van der Waals surface area contributed by atoms with Crippen LogP contribution < -0.4 is 10.7 Å². The lowest BCUT2D eigenvalue weighted by molar-refractivity contribution is 0.0891. The van der Waals surface area contributed by atoms with E-state index in [1.807, 2.05) is 67.6 Å². The Morgan fingerprint density at radius 1 is 0.821 bits per heavy atom. The van der Waals surface area contributed by atoms with Crippen molar-refractivity contribution in [3.05, 3.63) is 118 Å². The Hall–Kier alpha value is -3.66. The number of nitrogens with one attached hydrogen (secondary N) is 1. The largest absolute Gasteiger partial charge is 0.451 e. The number of benzene rings is 3. The summed E-state index contributed by atoms with van der Waals surface area (Å²) in [6, 6.07) is 27.6. The van der Waals surface area contributed by atoms with Crippen molar-refractivity contribution in [3.63, 3.8) is 0 Å². The van der Waals surface area contributed by atoms with Crippen LogP contribution in [-0.2, 0) is 5.54 Å². The molecular weight excluding hydrogens is 350 g/mol. The quantitative estimate of drug-likeness (QED) is 0.577. The molecule has 28 heavy (non-hydrogen) atoms. The van der Waals surface area contributed by atoms with Crippen LogP contribution in [0.4, 0.5) is 0 Å². The van der Waals surface area contributed by atoms with E-state index in [-0.39, 0.29) is 11.2 Å². The first-order chi connectivity index (χ1) is 13.6. The van der Waals surface area contributed by atoms with Gasteiger partial charge in [0.25, 0.3) is 5.91 Å². The molecule has 1 amide bonds. The lowest BCUT2D eigenvalue weighted by atomic mass is 9.84. The molecule has 1 N–H and O–H groups in total. The Bertz CT molecular complexity index is 1140. The number of fused-ring (bicyclic) bond motifs is 1. The molecule has 3 aromatic carbocycles. The Morgan fingerprint density at radius 3 is 1.96 bits per heavy atom. The topological polar surface area (TPSA) is 59.3 Å². The zero-order chi connectivity index (χ0) is 19.6. The Kier molecular flexibility index (Phi) is 4.53. The smallest absolute Gasteiger partial charge is 0.288 e. The summed E-state index contributed by atoms with van der Waals surface area (Å²) < 4.78 is 5.71. The highest BCUT2D eigenvalue weighted by Gasteiger charge is 2.31. The van der Waals surface area contributed by atoms with E-state index < -0.39 is 11.4 Å². The fraction of sp³-hybridized carbons (Fsp3) is 0.0833. The van der Waals surface area contributed by atoms with Crippen LogP contribution in [0.3, 0.4) is 0 Å². The molecule has 0 aliphatic heterocycles. The Morgan fingerprint density at radius 2 is 1.36 bits per heavy atom. The van der Waals surface area contributed by atoms with Gasteiger partial charge < -0.3 is 9.73 Å². The standard InChI is InChI=1S/C24H19NO3/c1-24(17-10-4-2-5-11-17,18-12-6-3-7-13-18)25-23(27)22-16-20(26)19-14-8-9-15-21(19)28-22/h2-16H,1H3,(H,25,27). The Labute approximate surface area is 162 Å².